The number of nitrogens with zero attached hydrogens (tertiary/aromatic N) is 7. The minimum absolute atomic E-state index is 0.0593. The average molecular weight is 513 g/mol. The number of aromatic nitrogens is 4. The minimum Gasteiger partial charge on any atom is -0.493 e. The zero-order valence-corrected chi connectivity index (χ0v) is 19.7. The smallest absolute Gasteiger partial charge is 0.221 e. The lowest BCUT2D eigenvalue weighted by Gasteiger charge is -2.05. The molecule has 0 unspecified atom stereocenters. The molecular weight excluding hydrogens is 496 g/mol. The van der Waals surface area contributed by atoms with E-state index in [4.69, 9.17) is 47.5 Å². The van der Waals surface area contributed by atoms with Crippen LogP contribution in [-0.2, 0) is 6.54 Å². The minimum atomic E-state index is -0.157. The maximum Gasteiger partial charge on any atom is 0.221 e. The van der Waals surface area contributed by atoms with Crippen LogP contribution >= 0.6 is 36.0 Å². The van der Waals surface area contributed by atoms with E-state index < -0.39 is 0 Å². The third-order valence-electron chi connectivity index (χ3n) is 4.64. The van der Waals surface area contributed by atoms with Crippen LogP contribution in [0.1, 0.15) is 11.3 Å². The van der Waals surface area contributed by atoms with Gasteiger partial charge in [-0.25, -0.2) is 4.68 Å². The van der Waals surface area contributed by atoms with E-state index in [2.05, 4.69) is 31.1 Å². The van der Waals surface area contributed by atoms with Gasteiger partial charge in [0.1, 0.15) is 5.69 Å². The Kier molecular flexibility index (Phi) is 6.77. The van der Waals surface area contributed by atoms with Crippen LogP contribution < -0.4 is 16.9 Å². The number of para-hydroxylation sites is 1. The van der Waals surface area contributed by atoms with Gasteiger partial charge in [-0.3, -0.25) is 5.43 Å². The Labute approximate surface area is 208 Å². The summed E-state index contributed by atoms with van der Waals surface area (Å²) in [5.74, 6) is -0.136. The maximum absolute atomic E-state index is 10.9. The average Bonchev–Trinajstić information content (AvgIpc) is 3.35. The number of hydrogen-bond donors (Lipinski definition) is 4. The van der Waals surface area contributed by atoms with E-state index in [0.717, 1.165) is 11.3 Å². The molecule has 0 bridgehead atoms. The molecule has 0 aliphatic carbocycles. The molecule has 4 rings (SSSR count). The molecule has 172 valence electrons. The highest BCUT2D eigenvalue weighted by Gasteiger charge is 2.19. The Hall–Kier alpha value is -3.94. The van der Waals surface area contributed by atoms with Gasteiger partial charge in [0.05, 0.1) is 30.2 Å². The normalized spacial score (nSPS) is 11.6. The summed E-state index contributed by atoms with van der Waals surface area (Å²) in [6, 6.07) is 12.6. The lowest BCUT2D eigenvalue weighted by Crippen LogP contribution is -2.24. The van der Waals surface area contributed by atoms with Gasteiger partial charge in [-0.15, -0.1) is 15.3 Å². The molecule has 0 spiro atoms. The van der Waals surface area contributed by atoms with Crippen LogP contribution in [0.25, 0.3) is 16.6 Å². The molecule has 0 aliphatic heterocycles. The molecular formula is C20H17ClN10OS2. The summed E-state index contributed by atoms with van der Waals surface area (Å²) in [7, 11) is 0. The predicted octanol–water partition coefficient (Wildman–Crippen LogP) is 3.12. The van der Waals surface area contributed by atoms with Gasteiger partial charge in [-0.05, 0) is 48.7 Å². The van der Waals surface area contributed by atoms with Crippen LogP contribution in [0.5, 0.6) is 5.88 Å². The van der Waals surface area contributed by atoms with Crippen LogP contribution in [0.15, 0.2) is 64.0 Å². The molecule has 0 saturated carbocycles. The molecule has 11 nitrogen and oxygen atoms in total. The van der Waals surface area contributed by atoms with Crippen molar-refractivity contribution < 1.29 is 5.11 Å². The molecule has 14 heteroatoms. The number of nitrogens with two attached hydrogens (primary N) is 2. The van der Waals surface area contributed by atoms with E-state index in [-0.39, 0.29) is 28.3 Å². The highest BCUT2D eigenvalue weighted by molar-refractivity contribution is 7.80. The number of hydrazone groups is 1. The van der Waals surface area contributed by atoms with E-state index in [1.165, 1.54) is 0 Å². The topological polar surface area (TPSA) is 157 Å². The maximum atomic E-state index is 10.9. The molecule has 34 heavy (non-hydrogen) atoms. The van der Waals surface area contributed by atoms with Crippen molar-refractivity contribution >= 4 is 69.1 Å². The standard InChI is InChI=1S/C20H17ClN10OS2/c21-12-5-6-16-14(7-12)17(26-28-20(23)34)18(32)30(16)9-13-10-31(29-25-13)15-4-2-1-3-11(15)8-24-27-19(22)33/h1-8,10,32H,9H2,(H2,23,34)(H3,22,27,33)/b24-8+,28-26?. The van der Waals surface area contributed by atoms with Crippen molar-refractivity contribution in [2.45, 2.75) is 6.54 Å². The highest BCUT2D eigenvalue weighted by Crippen LogP contribution is 2.40. The highest BCUT2D eigenvalue weighted by atomic mass is 35.5. The summed E-state index contributed by atoms with van der Waals surface area (Å²) in [4.78, 5) is 0. The Balaban J connectivity index is 1.69. The van der Waals surface area contributed by atoms with Crippen LogP contribution in [0, 0.1) is 0 Å². The number of azo groups is 1. The number of halogens is 1. The van der Waals surface area contributed by atoms with Crippen LogP contribution in [0.3, 0.4) is 0 Å². The number of rotatable bonds is 6. The first-order valence-electron chi connectivity index (χ1n) is 9.64. The fourth-order valence-electron chi connectivity index (χ4n) is 3.27. The predicted molar refractivity (Wildman–Crippen MR) is 138 cm³/mol. The monoisotopic (exact) mass is 512 g/mol. The summed E-state index contributed by atoms with van der Waals surface area (Å²) in [5.41, 5.74) is 16.3. The van der Waals surface area contributed by atoms with Crippen molar-refractivity contribution in [2.75, 3.05) is 0 Å². The Bertz CT molecular complexity index is 1460. The van der Waals surface area contributed by atoms with Gasteiger partial charge < -0.3 is 21.1 Å². The summed E-state index contributed by atoms with van der Waals surface area (Å²) in [6.07, 6.45) is 3.31. The first-order valence-corrected chi connectivity index (χ1v) is 10.8. The lowest BCUT2D eigenvalue weighted by molar-refractivity contribution is 0.429. The third-order valence-corrected chi connectivity index (χ3v) is 5.05. The summed E-state index contributed by atoms with van der Waals surface area (Å²) < 4.78 is 3.22. The second kappa shape index (κ2) is 9.91. The number of aromatic hydroxyl groups is 1. The van der Waals surface area contributed by atoms with E-state index >= 15 is 0 Å². The molecule has 4 aromatic rings. The molecule has 0 radical (unpaired) electrons. The molecule has 0 fully saturated rings. The Morgan fingerprint density at radius 1 is 1.21 bits per heavy atom. The van der Waals surface area contributed by atoms with Crippen molar-refractivity contribution in [1.29, 1.82) is 0 Å². The summed E-state index contributed by atoms with van der Waals surface area (Å²) >= 11 is 15.7. The SMILES string of the molecule is NC(=S)N=Nc1c(O)n(Cc2cn(-c3ccccc3/C=N/NC(N)=S)nn2)c2ccc(Cl)cc12. The number of hydrogen-bond acceptors (Lipinski definition) is 7. The van der Waals surface area contributed by atoms with Crippen molar-refractivity contribution in [2.24, 2.45) is 26.8 Å². The van der Waals surface area contributed by atoms with E-state index in [0.29, 0.717) is 21.6 Å². The van der Waals surface area contributed by atoms with Gasteiger partial charge in [-0.1, -0.05) is 35.0 Å². The molecule has 0 amide bonds. The fraction of sp³-hybridized carbons (Fsp3) is 0.0500. The summed E-state index contributed by atoms with van der Waals surface area (Å²) in [6.45, 7) is 0.200. The Morgan fingerprint density at radius 2 is 2.00 bits per heavy atom. The van der Waals surface area contributed by atoms with Gasteiger partial charge in [0.25, 0.3) is 0 Å². The largest absolute Gasteiger partial charge is 0.493 e. The van der Waals surface area contributed by atoms with Gasteiger partial charge in [0.15, 0.2) is 10.8 Å². The second-order valence-corrected chi connectivity index (χ2v) is 8.20. The van der Waals surface area contributed by atoms with Gasteiger partial charge in [-0.2, -0.15) is 5.10 Å². The van der Waals surface area contributed by atoms with E-state index in [1.807, 2.05) is 24.3 Å². The lowest BCUT2D eigenvalue weighted by atomic mass is 10.2. The first kappa shape index (κ1) is 23.2. The van der Waals surface area contributed by atoms with Crippen molar-refractivity contribution in [3.63, 3.8) is 0 Å². The molecule has 0 aliphatic rings. The molecule has 6 N–H and O–H groups in total. The van der Waals surface area contributed by atoms with Gasteiger partial charge >= 0.3 is 0 Å². The number of thiocarbonyl (C=S) groups is 2. The first-order chi connectivity index (χ1) is 16.3. The fourth-order valence-corrected chi connectivity index (χ4v) is 3.54. The quantitative estimate of drug-likeness (QED) is 0.133. The molecule has 0 saturated heterocycles. The molecule has 2 heterocycles. The zero-order chi connectivity index (χ0) is 24.2. The molecule has 0 atom stereocenters. The number of benzene rings is 2. The summed E-state index contributed by atoms with van der Waals surface area (Å²) in [5, 5.41) is 32.0. The van der Waals surface area contributed by atoms with Crippen LogP contribution in [0.4, 0.5) is 5.69 Å². The van der Waals surface area contributed by atoms with E-state index in [1.54, 1.807) is 39.9 Å². The van der Waals surface area contributed by atoms with Crippen LogP contribution in [0.2, 0.25) is 5.02 Å². The van der Waals surface area contributed by atoms with Crippen LogP contribution in [-0.4, -0.2) is 41.1 Å². The van der Waals surface area contributed by atoms with Crippen molar-refractivity contribution in [1.82, 2.24) is 25.0 Å². The zero-order valence-electron chi connectivity index (χ0n) is 17.3. The van der Waals surface area contributed by atoms with Gasteiger partial charge in [0.2, 0.25) is 11.0 Å². The van der Waals surface area contributed by atoms with Crippen molar-refractivity contribution in [3.8, 4) is 11.6 Å². The Morgan fingerprint density at radius 3 is 2.76 bits per heavy atom. The van der Waals surface area contributed by atoms with E-state index in [9.17, 15) is 5.11 Å². The molecule has 2 aromatic heterocycles. The van der Waals surface area contributed by atoms with Crippen molar-refractivity contribution in [3.05, 3.63) is 64.9 Å². The number of nitrogens with one attached hydrogen (secondary N) is 1. The number of fused-ring (bicyclic) bond motifs is 1. The third kappa shape index (κ3) is 5.01. The second-order valence-electron chi connectivity index (χ2n) is 6.91. The van der Waals surface area contributed by atoms with Gasteiger partial charge in [0, 0.05) is 16.0 Å². The molecule has 2 aromatic carbocycles.